The average Bonchev–Trinajstić information content (AvgIpc) is 3.39. The molecule has 2 heterocycles. The summed E-state index contributed by atoms with van der Waals surface area (Å²) in [7, 11) is 5.38. The summed E-state index contributed by atoms with van der Waals surface area (Å²) in [6.07, 6.45) is 17.1. The van der Waals surface area contributed by atoms with Gasteiger partial charge in [0.05, 0.1) is 0 Å². The maximum absolute atomic E-state index is 7.26. The van der Waals surface area contributed by atoms with Gasteiger partial charge in [-0.05, 0) is 86.7 Å². The first-order valence-electron chi connectivity index (χ1n) is 15.6. The summed E-state index contributed by atoms with van der Waals surface area (Å²) in [6.45, 7) is 12.0. The van der Waals surface area contributed by atoms with Gasteiger partial charge in [0.1, 0.15) is 16.1 Å². The van der Waals surface area contributed by atoms with Gasteiger partial charge in [0.15, 0.2) is 0 Å². The smallest absolute Gasteiger partial charge is 0.111 e. The monoisotopic (exact) mass is 1000 g/mol. The van der Waals surface area contributed by atoms with Crippen LogP contribution in [0.3, 0.4) is 0 Å². The summed E-state index contributed by atoms with van der Waals surface area (Å²) in [5.41, 5.74) is 7.26. The normalized spacial score (nSPS) is 13.5. The van der Waals surface area contributed by atoms with Crippen molar-refractivity contribution in [2.75, 3.05) is 41.3 Å². The summed E-state index contributed by atoms with van der Waals surface area (Å²) in [6, 6.07) is 30.0. The first-order valence-corrected chi connectivity index (χ1v) is 21.6. The summed E-state index contributed by atoms with van der Waals surface area (Å²) in [4.78, 5) is 4.46. The van der Waals surface area contributed by atoms with Crippen LogP contribution in [0.1, 0.15) is 24.0 Å². The largest absolute Gasteiger partial charge is 0.366 e. The zero-order valence-electron chi connectivity index (χ0n) is 28.4. The standard InChI is InChI=1S/2C16H13Si.C8H20N2.2Au/c2*1-4-12-9-10-14-13-7-5-6-8-15(13)17(2,3)16(14)11-12;1-9(2)7-5-6-8-10(3)4;;/h2*5-11H,2-3H3;5-8H2,1-4H3;;/q2*-1;;;. The number of hydrogen-bond acceptors (Lipinski definition) is 2. The van der Waals surface area contributed by atoms with Gasteiger partial charge in [-0.25, -0.2) is 0 Å². The molecule has 2 nitrogen and oxygen atoms in total. The molecule has 0 aliphatic carbocycles. The fraction of sp³-hybridized carbons (Fsp3) is 0.300. The molecule has 0 N–H and O–H groups in total. The summed E-state index contributed by atoms with van der Waals surface area (Å²) < 4.78 is 0. The Morgan fingerprint density at radius 3 is 1.15 bits per heavy atom. The Bertz CT molecular complexity index is 1580. The van der Waals surface area contributed by atoms with Crippen molar-refractivity contribution in [3.8, 4) is 34.1 Å². The quantitative estimate of drug-likeness (QED) is 0.109. The van der Waals surface area contributed by atoms with E-state index in [9.17, 15) is 0 Å². The van der Waals surface area contributed by atoms with Crippen LogP contribution in [0.15, 0.2) is 84.9 Å². The zero-order chi connectivity index (χ0) is 32.1. The molecule has 0 fully saturated rings. The van der Waals surface area contributed by atoms with Gasteiger partial charge in [-0.1, -0.05) is 97.2 Å². The second-order valence-corrected chi connectivity index (χ2v) is 22.1. The van der Waals surface area contributed by atoms with Crippen molar-refractivity contribution in [3.05, 3.63) is 109 Å². The molecule has 2 aliphatic heterocycles. The van der Waals surface area contributed by atoms with Gasteiger partial charge < -0.3 is 22.6 Å². The number of fused-ring (bicyclic) bond motifs is 6. The first-order chi connectivity index (χ1) is 20.9. The predicted octanol–water partition coefficient (Wildman–Crippen LogP) is 5.74. The fourth-order valence-electron chi connectivity index (χ4n) is 6.42. The van der Waals surface area contributed by atoms with Gasteiger partial charge in [0, 0.05) is 44.8 Å². The van der Waals surface area contributed by atoms with Crippen molar-refractivity contribution >= 4 is 36.9 Å². The molecule has 0 saturated carbocycles. The number of benzene rings is 4. The molecule has 0 atom stereocenters. The van der Waals surface area contributed by atoms with E-state index in [1.54, 1.807) is 0 Å². The van der Waals surface area contributed by atoms with Crippen LogP contribution in [0.2, 0.25) is 26.2 Å². The van der Waals surface area contributed by atoms with E-state index < -0.39 is 16.1 Å². The third-order valence-corrected chi connectivity index (χ3v) is 16.0. The molecule has 248 valence electrons. The fourth-order valence-corrected chi connectivity index (χ4v) is 12.6. The minimum absolute atomic E-state index is 0. The summed E-state index contributed by atoms with van der Waals surface area (Å²) >= 11 is 0. The predicted molar refractivity (Wildman–Crippen MR) is 196 cm³/mol. The second kappa shape index (κ2) is 17.3. The van der Waals surface area contributed by atoms with Crippen LogP contribution in [0.5, 0.6) is 0 Å². The van der Waals surface area contributed by atoms with Crippen molar-refractivity contribution < 1.29 is 44.8 Å². The van der Waals surface area contributed by atoms with Gasteiger partial charge in [0.25, 0.3) is 0 Å². The maximum atomic E-state index is 7.26. The van der Waals surface area contributed by atoms with Crippen LogP contribution in [0.4, 0.5) is 0 Å². The molecule has 0 unspecified atom stereocenters. The summed E-state index contributed by atoms with van der Waals surface area (Å²) in [5, 5.41) is 5.90. The van der Waals surface area contributed by atoms with E-state index in [2.05, 4.69) is 149 Å². The van der Waals surface area contributed by atoms with Crippen LogP contribution in [-0.2, 0) is 44.8 Å². The van der Waals surface area contributed by atoms with Crippen molar-refractivity contribution in [1.29, 1.82) is 0 Å². The van der Waals surface area contributed by atoms with Crippen molar-refractivity contribution in [3.63, 3.8) is 0 Å². The van der Waals surface area contributed by atoms with Crippen LogP contribution < -0.4 is 20.7 Å². The number of rotatable bonds is 5. The van der Waals surface area contributed by atoms with Gasteiger partial charge in [-0.15, -0.1) is 35.4 Å². The van der Waals surface area contributed by atoms with Crippen LogP contribution in [0.25, 0.3) is 22.3 Å². The van der Waals surface area contributed by atoms with Crippen LogP contribution >= 0.6 is 0 Å². The van der Waals surface area contributed by atoms with E-state index in [0.29, 0.717) is 0 Å². The molecule has 46 heavy (non-hydrogen) atoms. The molecular formula is C40H46Au2N2Si2-2. The maximum Gasteiger partial charge on any atom is 0.111 e. The zero-order valence-corrected chi connectivity index (χ0v) is 34.7. The topological polar surface area (TPSA) is 6.48 Å². The van der Waals surface area contributed by atoms with Gasteiger partial charge in [0.2, 0.25) is 0 Å². The molecule has 0 amide bonds. The van der Waals surface area contributed by atoms with E-state index >= 15 is 0 Å². The summed E-state index contributed by atoms with van der Waals surface area (Å²) in [5.74, 6) is 4.99. The molecule has 0 bridgehead atoms. The molecule has 6 heteroatoms. The molecule has 0 aromatic heterocycles. The Morgan fingerprint density at radius 1 is 0.500 bits per heavy atom. The first kappa shape index (κ1) is 40.0. The van der Waals surface area contributed by atoms with E-state index in [1.807, 2.05) is 12.1 Å². The van der Waals surface area contributed by atoms with Crippen LogP contribution in [-0.4, -0.2) is 67.2 Å². The van der Waals surface area contributed by atoms with Gasteiger partial charge >= 0.3 is 0 Å². The Labute approximate surface area is 312 Å². The molecular weight excluding hydrogens is 959 g/mol. The molecule has 0 saturated heterocycles. The van der Waals surface area contributed by atoms with Crippen molar-refractivity contribution in [1.82, 2.24) is 9.80 Å². The Kier molecular flexibility index (Phi) is 15.0. The average molecular weight is 1000 g/mol. The van der Waals surface area contributed by atoms with Crippen LogP contribution in [0, 0.1) is 24.7 Å². The van der Waals surface area contributed by atoms with Gasteiger partial charge in [-0.2, -0.15) is 0 Å². The molecule has 4 aromatic rings. The second-order valence-electron chi connectivity index (χ2n) is 13.4. The molecule has 2 aliphatic rings. The Hall–Kier alpha value is -2.17. The van der Waals surface area contributed by atoms with E-state index in [-0.39, 0.29) is 44.8 Å². The number of unbranched alkanes of at least 4 members (excludes halogenated alkanes) is 1. The van der Waals surface area contributed by atoms with E-state index in [0.717, 1.165) is 11.1 Å². The SMILES string of the molecule is CN(C)CCCCN(C)C.[Au].[Au].[C-]#Cc1ccc2c(c1)[Si](C)(C)c1ccccc1-2.[C-]#Cc1ccc2c(c1)[Si](C)(C)c1ccccc1-2. The van der Waals surface area contributed by atoms with Crippen molar-refractivity contribution in [2.45, 2.75) is 39.0 Å². The third kappa shape index (κ3) is 8.84. The minimum atomic E-state index is -1.55. The molecule has 6 rings (SSSR count). The number of nitrogens with zero attached hydrogens (tertiary/aromatic N) is 2. The third-order valence-electron chi connectivity index (χ3n) is 8.92. The number of hydrogen-bond donors (Lipinski definition) is 0. The molecule has 2 radical (unpaired) electrons. The Morgan fingerprint density at radius 2 is 0.826 bits per heavy atom. The molecule has 4 aromatic carbocycles. The van der Waals surface area contributed by atoms with E-state index in [4.69, 9.17) is 12.8 Å². The van der Waals surface area contributed by atoms with Gasteiger partial charge in [-0.3, -0.25) is 11.8 Å². The Balaban J connectivity index is 0.000000244. The van der Waals surface area contributed by atoms with Crippen molar-refractivity contribution in [2.24, 2.45) is 0 Å². The molecule has 0 spiro atoms. The van der Waals surface area contributed by atoms with E-state index in [1.165, 1.54) is 68.9 Å². The minimum Gasteiger partial charge on any atom is -0.366 e.